The Balaban J connectivity index is 2.50. The lowest BCUT2D eigenvalue weighted by Gasteiger charge is -2.33. The fourth-order valence-electron chi connectivity index (χ4n) is 2.48. The molecule has 0 atom stereocenters. The highest BCUT2D eigenvalue weighted by molar-refractivity contribution is 5.80. The van der Waals surface area contributed by atoms with Gasteiger partial charge < -0.3 is 19.8 Å². The van der Waals surface area contributed by atoms with Crippen molar-refractivity contribution >= 4 is 12.0 Å². The zero-order chi connectivity index (χ0) is 15.1. The van der Waals surface area contributed by atoms with Gasteiger partial charge in [0, 0.05) is 20.1 Å². The fourth-order valence-corrected chi connectivity index (χ4v) is 2.48. The summed E-state index contributed by atoms with van der Waals surface area (Å²) in [6.45, 7) is 6.31. The number of carbonyl (C=O) groups excluding carboxylic acids is 1. The molecular weight excluding hydrogens is 258 g/mol. The molecule has 114 valence electrons. The topological polar surface area (TPSA) is 64.1 Å². The van der Waals surface area contributed by atoms with Crippen LogP contribution in [-0.2, 0) is 4.79 Å². The molecule has 0 aromatic carbocycles. The number of hydrogen-bond donors (Lipinski definition) is 1. The Morgan fingerprint density at radius 2 is 2.00 bits per heavy atom. The van der Waals surface area contributed by atoms with E-state index in [1.54, 1.807) is 18.0 Å². The van der Waals surface area contributed by atoms with Gasteiger partial charge in [-0.25, -0.2) is 4.79 Å². The van der Waals surface area contributed by atoms with Crippen LogP contribution < -0.4 is 0 Å². The van der Waals surface area contributed by atoms with Gasteiger partial charge in [-0.2, -0.15) is 0 Å². The molecule has 0 saturated carbocycles. The predicted molar refractivity (Wildman–Crippen MR) is 77.7 cm³/mol. The number of urea groups is 1. The van der Waals surface area contributed by atoms with Gasteiger partial charge in [-0.1, -0.05) is 6.08 Å². The third-order valence-corrected chi connectivity index (χ3v) is 3.64. The molecule has 2 amide bonds. The molecule has 6 heteroatoms. The average molecular weight is 283 g/mol. The smallest absolute Gasteiger partial charge is 0.323 e. The van der Waals surface area contributed by atoms with Gasteiger partial charge in [-0.05, 0) is 38.9 Å². The summed E-state index contributed by atoms with van der Waals surface area (Å²) in [4.78, 5) is 28.2. The van der Waals surface area contributed by atoms with Crippen LogP contribution in [0, 0.1) is 5.92 Å². The number of amides is 2. The second kappa shape index (κ2) is 7.89. The fraction of sp³-hybridized carbons (Fsp3) is 0.714. The number of hydrogen-bond acceptors (Lipinski definition) is 3. The van der Waals surface area contributed by atoms with Gasteiger partial charge in [0.05, 0.1) is 0 Å². The summed E-state index contributed by atoms with van der Waals surface area (Å²) in [7, 11) is 3.84. The molecule has 1 fully saturated rings. The highest BCUT2D eigenvalue weighted by atomic mass is 16.4. The standard InChI is InChI=1S/C14H25N3O3/c1-4-7-17(11-13(18)19)14(20)16(3)10-12-5-8-15(2)9-6-12/h4,12H,1,5-11H2,2-3H3,(H,18,19). The minimum atomic E-state index is -1.01. The van der Waals surface area contributed by atoms with E-state index in [1.807, 2.05) is 0 Å². The maximum atomic E-state index is 12.2. The van der Waals surface area contributed by atoms with Crippen molar-refractivity contribution in [1.82, 2.24) is 14.7 Å². The first-order chi connectivity index (χ1) is 9.43. The van der Waals surface area contributed by atoms with E-state index < -0.39 is 5.97 Å². The molecule has 0 unspecified atom stereocenters. The van der Waals surface area contributed by atoms with Crippen molar-refractivity contribution in [1.29, 1.82) is 0 Å². The van der Waals surface area contributed by atoms with E-state index in [9.17, 15) is 9.59 Å². The lowest BCUT2D eigenvalue weighted by molar-refractivity contribution is -0.137. The second-order valence-corrected chi connectivity index (χ2v) is 5.47. The molecule has 0 spiro atoms. The Morgan fingerprint density at radius 1 is 1.40 bits per heavy atom. The van der Waals surface area contributed by atoms with Crippen molar-refractivity contribution in [3.63, 3.8) is 0 Å². The van der Waals surface area contributed by atoms with E-state index in [-0.39, 0.29) is 19.1 Å². The molecule has 1 saturated heterocycles. The number of rotatable bonds is 6. The summed E-state index contributed by atoms with van der Waals surface area (Å²) in [5, 5.41) is 8.84. The summed E-state index contributed by atoms with van der Waals surface area (Å²) < 4.78 is 0. The molecule has 6 nitrogen and oxygen atoms in total. The minimum absolute atomic E-state index is 0.244. The predicted octanol–water partition coefficient (Wildman–Crippen LogP) is 0.953. The number of nitrogens with zero attached hydrogens (tertiary/aromatic N) is 3. The Bertz CT molecular complexity index is 352. The Hall–Kier alpha value is -1.56. The van der Waals surface area contributed by atoms with Crippen LogP contribution in [0.1, 0.15) is 12.8 Å². The molecular formula is C14H25N3O3. The van der Waals surface area contributed by atoms with E-state index in [0.29, 0.717) is 12.5 Å². The van der Waals surface area contributed by atoms with E-state index in [4.69, 9.17) is 5.11 Å². The Kier molecular flexibility index (Phi) is 6.51. The summed E-state index contributed by atoms with van der Waals surface area (Å²) in [6, 6.07) is -0.244. The summed E-state index contributed by atoms with van der Waals surface area (Å²) in [5.41, 5.74) is 0. The van der Waals surface area contributed by atoms with Gasteiger partial charge in [0.25, 0.3) is 0 Å². The highest BCUT2D eigenvalue weighted by Gasteiger charge is 2.23. The molecule has 0 aliphatic carbocycles. The third-order valence-electron chi connectivity index (χ3n) is 3.64. The second-order valence-electron chi connectivity index (χ2n) is 5.47. The van der Waals surface area contributed by atoms with Crippen molar-refractivity contribution in [3.05, 3.63) is 12.7 Å². The maximum absolute atomic E-state index is 12.2. The number of likely N-dealkylation sites (tertiary alicyclic amines) is 1. The van der Waals surface area contributed by atoms with E-state index >= 15 is 0 Å². The lowest BCUT2D eigenvalue weighted by Crippen LogP contribution is -2.46. The van der Waals surface area contributed by atoms with E-state index in [1.165, 1.54) is 4.90 Å². The average Bonchev–Trinajstić information content (AvgIpc) is 2.39. The molecule has 0 aromatic rings. The van der Waals surface area contributed by atoms with Gasteiger partial charge >= 0.3 is 12.0 Å². The zero-order valence-electron chi connectivity index (χ0n) is 12.4. The molecule has 0 bridgehead atoms. The number of carbonyl (C=O) groups is 2. The van der Waals surface area contributed by atoms with Crippen molar-refractivity contribution in [2.45, 2.75) is 12.8 Å². The van der Waals surface area contributed by atoms with Crippen LogP contribution in [0.4, 0.5) is 4.79 Å². The van der Waals surface area contributed by atoms with Crippen LogP contribution in [0.15, 0.2) is 12.7 Å². The summed E-state index contributed by atoms with van der Waals surface area (Å²) in [6.07, 6.45) is 3.70. The van der Waals surface area contributed by atoms with Crippen LogP contribution in [0.5, 0.6) is 0 Å². The monoisotopic (exact) mass is 283 g/mol. The van der Waals surface area contributed by atoms with Gasteiger partial charge in [0.15, 0.2) is 0 Å². The molecule has 20 heavy (non-hydrogen) atoms. The largest absolute Gasteiger partial charge is 0.480 e. The van der Waals surface area contributed by atoms with Crippen LogP contribution in [0.25, 0.3) is 0 Å². The molecule has 0 radical (unpaired) electrons. The quantitative estimate of drug-likeness (QED) is 0.737. The van der Waals surface area contributed by atoms with Crippen molar-refractivity contribution in [2.24, 2.45) is 5.92 Å². The number of aliphatic carboxylic acids is 1. The SMILES string of the molecule is C=CCN(CC(=O)O)C(=O)N(C)CC1CCN(C)CC1. The van der Waals surface area contributed by atoms with E-state index in [2.05, 4.69) is 18.5 Å². The third kappa shape index (κ3) is 5.21. The van der Waals surface area contributed by atoms with Crippen molar-refractivity contribution < 1.29 is 14.7 Å². The van der Waals surface area contributed by atoms with Crippen LogP contribution in [0.2, 0.25) is 0 Å². The molecule has 1 aliphatic rings. The van der Waals surface area contributed by atoms with Crippen LogP contribution in [-0.4, -0.2) is 78.6 Å². The number of carboxylic acids is 1. The van der Waals surface area contributed by atoms with E-state index in [0.717, 1.165) is 25.9 Å². The summed E-state index contributed by atoms with van der Waals surface area (Å²) in [5.74, 6) is -0.511. The lowest BCUT2D eigenvalue weighted by atomic mass is 9.97. The maximum Gasteiger partial charge on any atom is 0.323 e. The van der Waals surface area contributed by atoms with Gasteiger partial charge in [-0.15, -0.1) is 6.58 Å². The summed E-state index contributed by atoms with van der Waals surface area (Å²) >= 11 is 0. The Morgan fingerprint density at radius 3 is 2.50 bits per heavy atom. The van der Waals surface area contributed by atoms with Crippen molar-refractivity contribution in [3.8, 4) is 0 Å². The Labute approximate surface area is 120 Å². The minimum Gasteiger partial charge on any atom is -0.480 e. The van der Waals surface area contributed by atoms with Gasteiger partial charge in [0.2, 0.25) is 0 Å². The molecule has 1 aliphatic heterocycles. The molecule has 1 rings (SSSR count). The number of carboxylic acid groups (broad SMARTS) is 1. The van der Waals surface area contributed by atoms with Crippen LogP contribution >= 0.6 is 0 Å². The molecule has 0 aromatic heterocycles. The first-order valence-electron chi connectivity index (χ1n) is 6.95. The van der Waals surface area contributed by atoms with Gasteiger partial charge in [-0.3, -0.25) is 4.79 Å². The molecule has 1 N–H and O–H groups in total. The molecule has 1 heterocycles. The van der Waals surface area contributed by atoms with Gasteiger partial charge in [0.1, 0.15) is 6.54 Å². The highest BCUT2D eigenvalue weighted by Crippen LogP contribution is 2.17. The normalized spacial score (nSPS) is 16.7. The zero-order valence-corrected chi connectivity index (χ0v) is 12.4. The first-order valence-corrected chi connectivity index (χ1v) is 6.95. The van der Waals surface area contributed by atoms with Crippen LogP contribution in [0.3, 0.4) is 0 Å². The van der Waals surface area contributed by atoms with Crippen molar-refractivity contribution in [2.75, 3.05) is 46.8 Å². The first kappa shape index (κ1) is 16.5. The number of piperidine rings is 1.